The molecule has 0 fully saturated rings. The van der Waals surface area contributed by atoms with Gasteiger partial charge in [0.25, 0.3) is 5.91 Å². The average Bonchev–Trinajstić information content (AvgIpc) is 2.67. The molecule has 1 heterocycles. The Labute approximate surface area is 169 Å². The number of benzene rings is 2. The van der Waals surface area contributed by atoms with Gasteiger partial charge in [0.2, 0.25) is 0 Å². The fourth-order valence-electron chi connectivity index (χ4n) is 2.39. The minimum Gasteiger partial charge on any atom is -0.266 e. The number of nitrogens with zero attached hydrogens (tertiary/aromatic N) is 2. The molecule has 3 aromatic rings. The monoisotopic (exact) mass is 408 g/mol. The highest BCUT2D eigenvalue weighted by molar-refractivity contribution is 7.93. The van der Waals surface area contributed by atoms with Gasteiger partial charge >= 0.3 is 0 Å². The molecule has 1 atom stereocenters. The van der Waals surface area contributed by atoms with Crippen LogP contribution in [0.1, 0.15) is 27.0 Å². The fraction of sp³-hybridized carbons (Fsp3) is 0.0909. The van der Waals surface area contributed by atoms with E-state index >= 15 is 0 Å². The number of rotatable bonds is 2. The van der Waals surface area contributed by atoms with E-state index in [4.69, 9.17) is 11.6 Å². The third-order valence-electron chi connectivity index (χ3n) is 3.88. The quantitative estimate of drug-likeness (QED) is 0.575. The first-order valence-electron chi connectivity index (χ1n) is 8.39. The van der Waals surface area contributed by atoms with Gasteiger partial charge in [0.05, 0.1) is 15.3 Å². The number of amides is 1. The molecule has 0 aliphatic carbocycles. The molecule has 0 saturated heterocycles. The van der Waals surface area contributed by atoms with Crippen LogP contribution in [0, 0.1) is 18.8 Å². The van der Waals surface area contributed by atoms with Crippen LogP contribution in [0.3, 0.4) is 0 Å². The van der Waals surface area contributed by atoms with Crippen LogP contribution < -0.4 is 0 Å². The molecule has 0 aliphatic heterocycles. The third kappa shape index (κ3) is 5.07. The maximum atomic E-state index is 12.9. The summed E-state index contributed by atoms with van der Waals surface area (Å²) < 4.78 is 16.8. The lowest BCUT2D eigenvalue weighted by Gasteiger charge is -2.04. The van der Waals surface area contributed by atoms with Gasteiger partial charge < -0.3 is 0 Å². The lowest BCUT2D eigenvalue weighted by molar-refractivity contribution is 0.100. The summed E-state index contributed by atoms with van der Waals surface area (Å²) in [5.74, 6) is 5.33. The van der Waals surface area contributed by atoms with E-state index in [1.807, 2.05) is 31.2 Å². The van der Waals surface area contributed by atoms with Gasteiger partial charge in [0.15, 0.2) is 0 Å². The van der Waals surface area contributed by atoms with Crippen LogP contribution >= 0.6 is 11.6 Å². The number of aromatic nitrogens is 1. The van der Waals surface area contributed by atoms with E-state index in [1.54, 1.807) is 36.5 Å². The van der Waals surface area contributed by atoms with Gasteiger partial charge in [-0.1, -0.05) is 47.2 Å². The van der Waals surface area contributed by atoms with E-state index in [-0.39, 0.29) is 5.56 Å². The summed E-state index contributed by atoms with van der Waals surface area (Å²) in [4.78, 5) is 17.1. The highest BCUT2D eigenvalue weighted by Gasteiger charge is 2.12. The van der Waals surface area contributed by atoms with E-state index in [0.29, 0.717) is 15.5 Å². The standard InChI is InChI=1S/C22H17ClN2O2S/c1-16-6-10-21(11-7-16)28(2,27)25-22(26)19-12-18(14-24-15-19)9-8-17-4-3-5-20(23)13-17/h3-7,10-15H,1-2H3. The molecule has 0 bridgehead atoms. The number of carbonyl (C=O) groups excluding carboxylic acids is 1. The second-order valence-corrected chi connectivity index (χ2v) is 8.93. The van der Waals surface area contributed by atoms with Gasteiger partial charge in [-0.05, 0) is 43.3 Å². The Hall–Kier alpha value is -2.94. The first kappa shape index (κ1) is 19.8. The lowest BCUT2D eigenvalue weighted by atomic mass is 10.1. The molecule has 0 saturated carbocycles. The summed E-state index contributed by atoms with van der Waals surface area (Å²) in [6.45, 7) is 1.94. The van der Waals surface area contributed by atoms with Crippen LogP contribution in [0.5, 0.6) is 0 Å². The molecule has 4 nitrogen and oxygen atoms in total. The summed E-state index contributed by atoms with van der Waals surface area (Å²) in [5, 5.41) is 0.599. The van der Waals surface area contributed by atoms with E-state index in [9.17, 15) is 9.00 Å². The highest BCUT2D eigenvalue weighted by Crippen LogP contribution is 2.15. The second-order valence-electron chi connectivity index (χ2n) is 6.23. The van der Waals surface area contributed by atoms with Gasteiger partial charge in [0, 0.05) is 39.7 Å². The Morgan fingerprint density at radius 3 is 2.46 bits per heavy atom. The fourth-order valence-corrected chi connectivity index (χ4v) is 3.75. The van der Waals surface area contributed by atoms with Gasteiger partial charge in [-0.25, -0.2) is 4.21 Å². The Morgan fingerprint density at radius 2 is 1.75 bits per heavy atom. The van der Waals surface area contributed by atoms with Gasteiger partial charge in [-0.2, -0.15) is 4.36 Å². The average molecular weight is 409 g/mol. The van der Waals surface area contributed by atoms with Crippen molar-refractivity contribution in [2.75, 3.05) is 6.26 Å². The predicted octanol–water partition coefficient (Wildman–Crippen LogP) is 4.74. The van der Waals surface area contributed by atoms with E-state index < -0.39 is 15.6 Å². The molecule has 1 aromatic heterocycles. The molecule has 1 amide bonds. The van der Waals surface area contributed by atoms with Crippen LogP contribution in [0.4, 0.5) is 0 Å². The number of carbonyl (C=O) groups is 1. The van der Waals surface area contributed by atoms with Crippen LogP contribution in [0.2, 0.25) is 5.02 Å². The number of hydrogen-bond acceptors (Lipinski definition) is 3. The van der Waals surface area contributed by atoms with Gasteiger partial charge in [0.1, 0.15) is 0 Å². The topological polar surface area (TPSA) is 59.4 Å². The first-order chi connectivity index (χ1) is 13.3. The van der Waals surface area contributed by atoms with Crippen LogP contribution in [-0.4, -0.2) is 21.4 Å². The maximum Gasteiger partial charge on any atom is 0.286 e. The van der Waals surface area contributed by atoms with Crippen molar-refractivity contribution in [2.45, 2.75) is 11.8 Å². The molecule has 140 valence electrons. The van der Waals surface area contributed by atoms with E-state index in [1.165, 1.54) is 12.5 Å². The first-order valence-corrected chi connectivity index (χ1v) is 10.7. The Kier molecular flexibility index (Phi) is 5.93. The highest BCUT2D eigenvalue weighted by atomic mass is 35.5. The summed E-state index contributed by atoms with van der Waals surface area (Å²) >= 11 is 5.95. The Balaban J connectivity index is 1.88. The Bertz CT molecular complexity index is 1220. The molecule has 6 heteroatoms. The van der Waals surface area contributed by atoms with E-state index in [2.05, 4.69) is 21.2 Å². The summed E-state index contributed by atoms with van der Waals surface area (Å²) in [6.07, 6.45) is 4.39. The minimum atomic E-state index is -2.85. The smallest absolute Gasteiger partial charge is 0.266 e. The van der Waals surface area contributed by atoms with Crippen molar-refractivity contribution < 1.29 is 9.00 Å². The number of aryl methyl sites for hydroxylation is 1. The van der Waals surface area contributed by atoms with Crippen molar-refractivity contribution in [3.8, 4) is 11.8 Å². The second kappa shape index (κ2) is 8.39. The zero-order valence-electron chi connectivity index (χ0n) is 15.3. The molecule has 2 aromatic carbocycles. The molecule has 1 unspecified atom stereocenters. The molecule has 0 aliphatic rings. The number of hydrogen-bond donors (Lipinski definition) is 0. The van der Waals surface area contributed by atoms with Gasteiger partial charge in [-0.15, -0.1) is 0 Å². The van der Waals surface area contributed by atoms with Crippen molar-refractivity contribution in [1.29, 1.82) is 0 Å². The molecule has 0 spiro atoms. The summed E-state index contributed by atoms with van der Waals surface area (Å²) in [7, 11) is -2.85. The third-order valence-corrected chi connectivity index (χ3v) is 5.77. The van der Waals surface area contributed by atoms with Crippen molar-refractivity contribution in [3.05, 3.63) is 94.3 Å². The summed E-state index contributed by atoms with van der Waals surface area (Å²) in [5.41, 5.74) is 2.59. The maximum absolute atomic E-state index is 12.9. The molecule has 0 N–H and O–H groups in total. The molecule has 0 radical (unpaired) electrons. The van der Waals surface area contributed by atoms with Crippen molar-refractivity contribution in [3.63, 3.8) is 0 Å². The van der Waals surface area contributed by atoms with Crippen LogP contribution in [-0.2, 0) is 9.73 Å². The molecule has 28 heavy (non-hydrogen) atoms. The predicted molar refractivity (Wildman–Crippen MR) is 112 cm³/mol. The zero-order chi connectivity index (χ0) is 20.1. The lowest BCUT2D eigenvalue weighted by Crippen LogP contribution is -2.04. The van der Waals surface area contributed by atoms with E-state index in [0.717, 1.165) is 11.1 Å². The number of halogens is 1. The van der Waals surface area contributed by atoms with Crippen molar-refractivity contribution in [2.24, 2.45) is 4.36 Å². The minimum absolute atomic E-state index is 0.236. The van der Waals surface area contributed by atoms with Crippen molar-refractivity contribution in [1.82, 2.24) is 4.98 Å². The largest absolute Gasteiger partial charge is 0.286 e. The normalized spacial score (nSPS) is 12.4. The molecular formula is C22H17ClN2O2S. The van der Waals surface area contributed by atoms with Gasteiger partial charge in [-0.3, -0.25) is 9.78 Å². The number of pyridine rings is 1. The van der Waals surface area contributed by atoms with Crippen LogP contribution in [0.15, 0.2) is 76.2 Å². The SMILES string of the molecule is Cc1ccc(S(C)(=O)=NC(=O)c2cncc(C#Cc3cccc(Cl)c3)c2)cc1. The van der Waals surface area contributed by atoms with Crippen LogP contribution in [0.25, 0.3) is 0 Å². The Morgan fingerprint density at radius 1 is 1.04 bits per heavy atom. The molecular weight excluding hydrogens is 392 g/mol. The summed E-state index contributed by atoms with van der Waals surface area (Å²) in [6, 6.07) is 15.9. The van der Waals surface area contributed by atoms with Crippen molar-refractivity contribution >= 4 is 27.2 Å². The zero-order valence-corrected chi connectivity index (χ0v) is 16.9. The molecule has 3 rings (SSSR count).